The second kappa shape index (κ2) is 8.49. The third-order valence-electron chi connectivity index (χ3n) is 5.98. The summed E-state index contributed by atoms with van der Waals surface area (Å²) in [5, 5.41) is 8.80. The van der Waals surface area contributed by atoms with Gasteiger partial charge in [-0.2, -0.15) is 13.2 Å². The van der Waals surface area contributed by atoms with Crippen LogP contribution in [0.3, 0.4) is 0 Å². The van der Waals surface area contributed by atoms with Crippen molar-refractivity contribution in [3.63, 3.8) is 0 Å². The zero-order valence-corrected chi connectivity index (χ0v) is 18.5. The number of halogens is 3. The number of alkyl halides is 3. The number of fused-ring (bicyclic) bond motifs is 1. The Kier molecular flexibility index (Phi) is 5.46. The molecule has 1 atom stereocenters. The van der Waals surface area contributed by atoms with Gasteiger partial charge in [-0.3, -0.25) is 10.1 Å². The van der Waals surface area contributed by atoms with E-state index in [0.29, 0.717) is 24.4 Å². The number of nitrogens with one attached hydrogen (secondary N) is 1. The number of benzene rings is 1. The number of carbonyl (C=O) groups excluding carboxylic acids is 1. The number of aromatic amines is 1. The molecule has 1 aliphatic carbocycles. The first-order valence-corrected chi connectivity index (χ1v) is 10.6. The average Bonchev–Trinajstić information content (AvgIpc) is 3.54. The van der Waals surface area contributed by atoms with Crippen LogP contribution in [0, 0.1) is 0 Å². The summed E-state index contributed by atoms with van der Waals surface area (Å²) >= 11 is 0. The smallest absolute Gasteiger partial charge is 0.435 e. The molecule has 11 heteroatoms. The van der Waals surface area contributed by atoms with Crippen molar-refractivity contribution >= 4 is 6.29 Å². The van der Waals surface area contributed by atoms with Crippen molar-refractivity contribution in [2.75, 3.05) is 7.11 Å². The highest BCUT2D eigenvalue weighted by Crippen LogP contribution is 2.36. The molecule has 3 aromatic heterocycles. The number of H-pyrrole nitrogens is 1. The Morgan fingerprint density at radius 1 is 1.20 bits per heavy atom. The van der Waals surface area contributed by atoms with Crippen LogP contribution >= 0.6 is 0 Å². The van der Waals surface area contributed by atoms with Gasteiger partial charge in [-0.05, 0) is 41.8 Å². The standard InChI is InChI=1S/C24H19F3N6O2/c1-35-17-4-5-18-15(9-17)3-2-7-23(18,13-34)12-33-11-20(29-14-33)19-10-16(6-8-28-19)21-22(24(25,26)27)31-32-30-21/h2,4-11,13-14H,3,12H2,1H3,(H,30,31,32). The zero-order valence-electron chi connectivity index (χ0n) is 18.5. The van der Waals surface area contributed by atoms with Gasteiger partial charge in [-0.15, -0.1) is 5.10 Å². The summed E-state index contributed by atoms with van der Waals surface area (Å²) < 4.78 is 46.8. The van der Waals surface area contributed by atoms with Crippen molar-refractivity contribution < 1.29 is 22.7 Å². The second-order valence-electron chi connectivity index (χ2n) is 8.18. The van der Waals surface area contributed by atoms with Gasteiger partial charge in [-0.1, -0.05) is 23.4 Å². The van der Waals surface area contributed by atoms with Gasteiger partial charge in [0.25, 0.3) is 0 Å². The van der Waals surface area contributed by atoms with Crippen LogP contribution in [0.25, 0.3) is 22.6 Å². The summed E-state index contributed by atoms with van der Waals surface area (Å²) in [5.74, 6) is 0.718. The van der Waals surface area contributed by atoms with Crippen LogP contribution in [0.1, 0.15) is 16.8 Å². The molecule has 3 heterocycles. The Morgan fingerprint density at radius 2 is 2.06 bits per heavy atom. The molecule has 8 nitrogen and oxygen atoms in total. The number of hydrogen-bond acceptors (Lipinski definition) is 6. The lowest BCUT2D eigenvalue weighted by Gasteiger charge is -2.31. The van der Waals surface area contributed by atoms with Crippen LogP contribution in [-0.4, -0.2) is 43.3 Å². The summed E-state index contributed by atoms with van der Waals surface area (Å²) in [6, 6.07) is 8.53. The molecule has 1 aliphatic rings. The lowest BCUT2D eigenvalue weighted by Crippen LogP contribution is -2.34. The lowest BCUT2D eigenvalue weighted by atomic mass is 9.75. The first-order valence-electron chi connectivity index (χ1n) is 10.6. The van der Waals surface area contributed by atoms with Crippen molar-refractivity contribution in [3.05, 3.63) is 78.0 Å². The van der Waals surface area contributed by atoms with E-state index in [4.69, 9.17) is 4.74 Å². The number of pyridine rings is 1. The number of nitrogens with zero attached hydrogens (tertiary/aromatic N) is 5. The lowest BCUT2D eigenvalue weighted by molar-refractivity contribution is -0.140. The molecule has 1 N–H and O–H groups in total. The van der Waals surface area contributed by atoms with E-state index < -0.39 is 17.3 Å². The van der Waals surface area contributed by atoms with Gasteiger partial charge in [0.15, 0.2) is 5.69 Å². The predicted molar refractivity (Wildman–Crippen MR) is 119 cm³/mol. The highest BCUT2D eigenvalue weighted by molar-refractivity contribution is 5.75. The van der Waals surface area contributed by atoms with Crippen LogP contribution < -0.4 is 4.74 Å². The Labute approximate surface area is 197 Å². The monoisotopic (exact) mass is 480 g/mol. The summed E-state index contributed by atoms with van der Waals surface area (Å²) in [6.07, 6.45) is 5.48. The van der Waals surface area contributed by atoms with Gasteiger partial charge in [0, 0.05) is 24.5 Å². The van der Waals surface area contributed by atoms with Crippen LogP contribution in [0.2, 0.25) is 0 Å². The maximum absolute atomic E-state index is 13.3. The number of methoxy groups -OCH3 is 1. The molecule has 5 rings (SSSR count). The fourth-order valence-electron chi connectivity index (χ4n) is 4.31. The molecule has 35 heavy (non-hydrogen) atoms. The number of rotatable bonds is 6. The summed E-state index contributed by atoms with van der Waals surface area (Å²) in [6.45, 7) is 0.292. The first-order chi connectivity index (χ1) is 16.8. The highest BCUT2D eigenvalue weighted by atomic mass is 19.4. The van der Waals surface area contributed by atoms with E-state index in [1.54, 1.807) is 24.2 Å². The molecule has 0 bridgehead atoms. The third kappa shape index (κ3) is 4.09. The van der Waals surface area contributed by atoms with Crippen molar-refractivity contribution in [2.24, 2.45) is 0 Å². The summed E-state index contributed by atoms with van der Waals surface area (Å²) in [4.78, 5) is 21.0. The highest BCUT2D eigenvalue weighted by Gasteiger charge is 2.37. The van der Waals surface area contributed by atoms with E-state index >= 15 is 0 Å². The molecular formula is C24H19F3N6O2. The number of aldehydes is 1. The van der Waals surface area contributed by atoms with E-state index in [-0.39, 0.29) is 11.3 Å². The van der Waals surface area contributed by atoms with E-state index in [2.05, 4.69) is 20.3 Å². The number of allylic oxidation sites excluding steroid dienone is 2. The van der Waals surface area contributed by atoms with Crippen LogP contribution in [0.4, 0.5) is 13.2 Å². The number of imidazole rings is 1. The van der Waals surface area contributed by atoms with E-state index in [1.807, 2.05) is 35.4 Å². The fourth-order valence-corrected chi connectivity index (χ4v) is 4.31. The summed E-state index contributed by atoms with van der Waals surface area (Å²) in [5.41, 5.74) is 0.649. The van der Waals surface area contributed by atoms with E-state index in [1.165, 1.54) is 18.3 Å². The molecule has 0 radical (unpaired) electrons. The van der Waals surface area contributed by atoms with Gasteiger partial charge >= 0.3 is 6.18 Å². The van der Waals surface area contributed by atoms with Crippen LogP contribution in [-0.2, 0) is 29.4 Å². The molecule has 0 saturated carbocycles. The number of aromatic nitrogens is 6. The molecule has 4 aromatic rings. The van der Waals surface area contributed by atoms with Crippen LogP contribution in [0.5, 0.6) is 5.75 Å². The molecule has 0 spiro atoms. The molecule has 0 amide bonds. The van der Waals surface area contributed by atoms with Crippen molar-refractivity contribution in [1.82, 2.24) is 29.9 Å². The van der Waals surface area contributed by atoms with E-state index in [0.717, 1.165) is 23.2 Å². The summed E-state index contributed by atoms with van der Waals surface area (Å²) in [7, 11) is 1.59. The van der Waals surface area contributed by atoms with Crippen molar-refractivity contribution in [1.29, 1.82) is 0 Å². The zero-order chi connectivity index (χ0) is 24.6. The minimum Gasteiger partial charge on any atom is -0.497 e. The van der Waals surface area contributed by atoms with Gasteiger partial charge in [-0.25, -0.2) is 4.98 Å². The molecule has 1 aromatic carbocycles. The molecular weight excluding hydrogens is 461 g/mol. The predicted octanol–water partition coefficient (Wildman–Crippen LogP) is 4.01. The first kappa shape index (κ1) is 22.5. The quantitative estimate of drug-likeness (QED) is 0.331. The number of carbonyl (C=O) groups is 1. The third-order valence-corrected chi connectivity index (χ3v) is 5.98. The van der Waals surface area contributed by atoms with Crippen molar-refractivity contribution in [2.45, 2.75) is 24.6 Å². The maximum Gasteiger partial charge on any atom is 0.435 e. The Hall–Kier alpha value is -4.28. The van der Waals surface area contributed by atoms with Gasteiger partial charge < -0.3 is 14.1 Å². The normalized spacial score (nSPS) is 17.3. The van der Waals surface area contributed by atoms with E-state index in [9.17, 15) is 18.0 Å². The molecule has 178 valence electrons. The topological polar surface area (TPSA) is 98.6 Å². The Morgan fingerprint density at radius 3 is 2.83 bits per heavy atom. The Balaban J connectivity index is 1.46. The minimum atomic E-state index is -4.62. The fraction of sp³-hybridized carbons (Fsp3) is 0.208. The van der Waals surface area contributed by atoms with Gasteiger partial charge in [0.05, 0.1) is 24.5 Å². The number of hydrogen-bond donors (Lipinski definition) is 1. The second-order valence-corrected chi connectivity index (χ2v) is 8.18. The SMILES string of the molecule is COc1ccc2c(c1)CC=CC2(C=O)Cn1cnc(-c2cc(-c3nn[nH]c3C(F)(F)F)ccn2)c1. The molecule has 0 aliphatic heterocycles. The van der Waals surface area contributed by atoms with Crippen LogP contribution in [0.15, 0.2) is 61.2 Å². The average molecular weight is 480 g/mol. The largest absolute Gasteiger partial charge is 0.497 e. The maximum atomic E-state index is 13.3. The van der Waals surface area contributed by atoms with Gasteiger partial charge in [0.2, 0.25) is 0 Å². The molecule has 0 fully saturated rings. The molecule has 0 saturated heterocycles. The minimum absolute atomic E-state index is 0.202. The van der Waals surface area contributed by atoms with Crippen molar-refractivity contribution in [3.8, 4) is 28.4 Å². The van der Waals surface area contributed by atoms with Gasteiger partial charge in [0.1, 0.15) is 23.4 Å². The Bertz CT molecular complexity index is 1420. The molecule has 1 unspecified atom stereocenters. The number of ether oxygens (including phenoxy) is 1.